The highest BCUT2D eigenvalue weighted by atomic mass is 16.3. The Labute approximate surface area is 131 Å². The van der Waals surface area contributed by atoms with Crippen LogP contribution >= 0.6 is 0 Å². The van der Waals surface area contributed by atoms with E-state index in [-0.39, 0.29) is 18.0 Å². The molecular formula is C18H24N2O2. The second-order valence-corrected chi connectivity index (χ2v) is 5.89. The third-order valence-corrected chi connectivity index (χ3v) is 3.79. The van der Waals surface area contributed by atoms with Crippen LogP contribution < -0.4 is 10.6 Å². The van der Waals surface area contributed by atoms with E-state index in [1.165, 1.54) is 5.56 Å². The van der Waals surface area contributed by atoms with E-state index in [1.807, 2.05) is 39.8 Å². The van der Waals surface area contributed by atoms with Gasteiger partial charge in [0, 0.05) is 5.69 Å². The van der Waals surface area contributed by atoms with Crippen molar-refractivity contribution in [3.8, 4) is 0 Å². The monoisotopic (exact) mass is 300 g/mol. The van der Waals surface area contributed by atoms with Crippen molar-refractivity contribution in [2.75, 3.05) is 5.32 Å². The molecular weight excluding hydrogens is 276 g/mol. The first-order valence-electron chi connectivity index (χ1n) is 7.56. The number of rotatable bonds is 5. The Morgan fingerprint density at radius 1 is 1.14 bits per heavy atom. The molecule has 22 heavy (non-hydrogen) atoms. The second-order valence-electron chi connectivity index (χ2n) is 5.89. The van der Waals surface area contributed by atoms with Crippen LogP contribution in [-0.4, -0.2) is 11.9 Å². The van der Waals surface area contributed by atoms with E-state index in [1.54, 1.807) is 6.26 Å². The number of furan rings is 1. The molecule has 1 amide bonds. The maximum absolute atomic E-state index is 12.4. The molecule has 0 aliphatic carbocycles. The maximum atomic E-state index is 12.4. The van der Waals surface area contributed by atoms with Gasteiger partial charge in [0.15, 0.2) is 0 Å². The van der Waals surface area contributed by atoms with Crippen LogP contribution in [0.4, 0.5) is 5.69 Å². The lowest BCUT2D eigenvalue weighted by Gasteiger charge is -2.20. The zero-order valence-electron chi connectivity index (χ0n) is 13.9. The van der Waals surface area contributed by atoms with Crippen molar-refractivity contribution in [3.63, 3.8) is 0 Å². The second kappa shape index (κ2) is 6.79. The summed E-state index contributed by atoms with van der Waals surface area (Å²) in [4.78, 5) is 12.4. The summed E-state index contributed by atoms with van der Waals surface area (Å²) in [6.45, 7) is 9.91. The lowest BCUT2D eigenvalue weighted by molar-refractivity contribution is -0.118. The molecule has 0 aliphatic rings. The molecule has 4 heteroatoms. The Morgan fingerprint density at radius 2 is 1.77 bits per heavy atom. The van der Waals surface area contributed by atoms with Crippen molar-refractivity contribution in [3.05, 3.63) is 53.0 Å². The molecule has 0 aliphatic heterocycles. The van der Waals surface area contributed by atoms with Crippen molar-refractivity contribution in [2.24, 2.45) is 0 Å². The number of carbonyl (C=O) groups is 1. The molecule has 0 radical (unpaired) electrons. The molecule has 2 aromatic rings. The molecule has 1 aromatic carbocycles. The lowest BCUT2D eigenvalue weighted by atomic mass is 10.0. The number of nitrogens with one attached hydrogen (secondary N) is 2. The van der Waals surface area contributed by atoms with Crippen LogP contribution in [0.1, 0.15) is 42.3 Å². The first-order chi connectivity index (χ1) is 10.4. The van der Waals surface area contributed by atoms with Gasteiger partial charge in [-0.05, 0) is 57.9 Å². The molecule has 0 saturated heterocycles. The summed E-state index contributed by atoms with van der Waals surface area (Å²) in [5.74, 6) is 0.774. The SMILES string of the molecule is Cc1cc(C)c(NC(=O)[C@@H](C)N[C@H](C)c2ccco2)c(C)c1. The molecule has 0 bridgehead atoms. The first kappa shape index (κ1) is 16.3. The summed E-state index contributed by atoms with van der Waals surface area (Å²) in [7, 11) is 0. The zero-order valence-corrected chi connectivity index (χ0v) is 13.9. The van der Waals surface area contributed by atoms with Crippen LogP contribution in [0.3, 0.4) is 0 Å². The van der Waals surface area contributed by atoms with Crippen LogP contribution in [0.5, 0.6) is 0 Å². The van der Waals surface area contributed by atoms with Crippen molar-refractivity contribution in [2.45, 2.75) is 46.7 Å². The van der Waals surface area contributed by atoms with Gasteiger partial charge in [-0.1, -0.05) is 17.7 Å². The number of hydrogen-bond acceptors (Lipinski definition) is 3. The maximum Gasteiger partial charge on any atom is 0.241 e. The predicted octanol–water partition coefficient (Wildman–Crippen LogP) is 3.88. The minimum absolute atomic E-state index is 0.0176. The molecule has 0 unspecified atom stereocenters. The van der Waals surface area contributed by atoms with Crippen LogP contribution in [0.2, 0.25) is 0 Å². The van der Waals surface area contributed by atoms with E-state index in [0.29, 0.717) is 0 Å². The lowest BCUT2D eigenvalue weighted by Crippen LogP contribution is -2.39. The van der Waals surface area contributed by atoms with Gasteiger partial charge in [0.1, 0.15) is 5.76 Å². The van der Waals surface area contributed by atoms with E-state index >= 15 is 0 Å². The number of carbonyl (C=O) groups excluding carboxylic acids is 1. The summed E-state index contributed by atoms with van der Waals surface area (Å²) in [5, 5.41) is 6.27. The normalized spacial score (nSPS) is 13.7. The number of benzene rings is 1. The van der Waals surface area contributed by atoms with Gasteiger partial charge in [0.25, 0.3) is 0 Å². The summed E-state index contributed by atoms with van der Waals surface area (Å²) in [6.07, 6.45) is 1.64. The third kappa shape index (κ3) is 3.77. The van der Waals surface area contributed by atoms with E-state index in [2.05, 4.69) is 29.7 Å². The van der Waals surface area contributed by atoms with Crippen molar-refractivity contribution < 1.29 is 9.21 Å². The van der Waals surface area contributed by atoms with Gasteiger partial charge in [0.05, 0.1) is 18.3 Å². The summed E-state index contributed by atoms with van der Waals surface area (Å²) >= 11 is 0. The van der Waals surface area contributed by atoms with E-state index < -0.39 is 0 Å². The molecule has 4 nitrogen and oxygen atoms in total. The highest BCUT2D eigenvalue weighted by Crippen LogP contribution is 2.22. The van der Waals surface area contributed by atoms with Gasteiger partial charge >= 0.3 is 0 Å². The Hall–Kier alpha value is -2.07. The Bertz CT molecular complexity index is 624. The first-order valence-corrected chi connectivity index (χ1v) is 7.56. The Morgan fingerprint density at radius 3 is 2.32 bits per heavy atom. The fourth-order valence-electron chi connectivity index (χ4n) is 2.68. The van der Waals surface area contributed by atoms with E-state index in [9.17, 15) is 4.79 Å². The van der Waals surface area contributed by atoms with Gasteiger partial charge in [-0.15, -0.1) is 0 Å². The average Bonchev–Trinajstić information content (AvgIpc) is 2.96. The standard InChI is InChI=1S/C18H24N2O2/c1-11-9-12(2)17(13(3)10-11)20-18(21)15(5)19-14(4)16-7-6-8-22-16/h6-10,14-15,19H,1-5H3,(H,20,21)/t14-,15-/m1/s1. The minimum Gasteiger partial charge on any atom is -0.468 e. The molecule has 2 atom stereocenters. The Balaban J connectivity index is 2.03. The van der Waals surface area contributed by atoms with Gasteiger partial charge in [-0.25, -0.2) is 0 Å². The topological polar surface area (TPSA) is 54.3 Å². The van der Waals surface area contributed by atoms with Crippen LogP contribution in [0, 0.1) is 20.8 Å². The van der Waals surface area contributed by atoms with E-state index in [4.69, 9.17) is 4.42 Å². The molecule has 118 valence electrons. The molecule has 0 spiro atoms. The van der Waals surface area contributed by atoms with Crippen LogP contribution in [0.25, 0.3) is 0 Å². The van der Waals surface area contributed by atoms with Crippen molar-refractivity contribution in [1.29, 1.82) is 0 Å². The Kier molecular flexibility index (Phi) is 5.03. The number of aryl methyl sites for hydroxylation is 3. The van der Waals surface area contributed by atoms with Crippen molar-refractivity contribution in [1.82, 2.24) is 5.32 Å². The molecule has 0 saturated carbocycles. The number of hydrogen-bond donors (Lipinski definition) is 2. The van der Waals surface area contributed by atoms with E-state index in [0.717, 1.165) is 22.6 Å². The molecule has 2 rings (SSSR count). The molecule has 1 heterocycles. The fraction of sp³-hybridized carbons (Fsp3) is 0.389. The summed E-state index contributed by atoms with van der Waals surface area (Å²) in [5.41, 5.74) is 4.26. The van der Waals surface area contributed by atoms with Gasteiger partial charge in [-0.2, -0.15) is 0 Å². The highest BCUT2D eigenvalue weighted by Gasteiger charge is 2.19. The number of amides is 1. The van der Waals surface area contributed by atoms with Crippen molar-refractivity contribution >= 4 is 11.6 Å². The average molecular weight is 300 g/mol. The molecule has 0 fully saturated rings. The molecule has 2 N–H and O–H groups in total. The van der Waals surface area contributed by atoms with Crippen LogP contribution in [0.15, 0.2) is 34.9 Å². The quantitative estimate of drug-likeness (QED) is 0.881. The predicted molar refractivity (Wildman–Crippen MR) is 89.0 cm³/mol. The zero-order chi connectivity index (χ0) is 16.3. The largest absolute Gasteiger partial charge is 0.468 e. The van der Waals surface area contributed by atoms with Gasteiger partial charge in [-0.3, -0.25) is 10.1 Å². The summed E-state index contributed by atoms with van der Waals surface area (Å²) in [6, 6.07) is 7.56. The fourth-order valence-corrected chi connectivity index (χ4v) is 2.68. The smallest absolute Gasteiger partial charge is 0.241 e. The van der Waals surface area contributed by atoms with Gasteiger partial charge < -0.3 is 9.73 Å². The highest BCUT2D eigenvalue weighted by molar-refractivity contribution is 5.96. The minimum atomic E-state index is -0.319. The van der Waals surface area contributed by atoms with Crippen LogP contribution in [-0.2, 0) is 4.79 Å². The third-order valence-electron chi connectivity index (χ3n) is 3.79. The molecule has 1 aromatic heterocycles. The number of anilines is 1. The van der Waals surface area contributed by atoms with Gasteiger partial charge in [0.2, 0.25) is 5.91 Å². The summed E-state index contributed by atoms with van der Waals surface area (Å²) < 4.78 is 5.35.